The predicted octanol–water partition coefficient (Wildman–Crippen LogP) is 1.34. The fourth-order valence-corrected chi connectivity index (χ4v) is 3.45. The fraction of sp³-hybridized carbons (Fsp3) is 0.467. The highest BCUT2D eigenvalue weighted by Gasteiger charge is 2.25. The molecule has 0 amide bonds. The summed E-state index contributed by atoms with van der Waals surface area (Å²) in [5.74, 6) is 0. The van der Waals surface area contributed by atoms with Gasteiger partial charge in [-0.1, -0.05) is 37.3 Å². The van der Waals surface area contributed by atoms with Crippen LogP contribution in [-0.2, 0) is 10.0 Å². The molecule has 23 heavy (non-hydrogen) atoms. The molecule has 0 aliphatic heterocycles. The molecule has 8 heteroatoms. The van der Waals surface area contributed by atoms with Crippen molar-refractivity contribution in [1.29, 1.82) is 0 Å². The second-order valence-corrected chi connectivity index (χ2v) is 7.85. The summed E-state index contributed by atoms with van der Waals surface area (Å²) in [5.41, 5.74) is 0.380. The van der Waals surface area contributed by atoms with Gasteiger partial charge in [-0.25, -0.2) is 17.8 Å². The van der Waals surface area contributed by atoms with E-state index in [2.05, 4.69) is 15.0 Å². The lowest BCUT2D eigenvalue weighted by Crippen LogP contribution is -2.35. The van der Waals surface area contributed by atoms with Crippen molar-refractivity contribution in [1.82, 2.24) is 19.7 Å². The number of aromatic nitrogens is 3. The normalized spacial score (nSPS) is 12.5. The Morgan fingerprint density at radius 3 is 2.61 bits per heavy atom. The van der Waals surface area contributed by atoms with Crippen LogP contribution in [0.5, 0.6) is 0 Å². The van der Waals surface area contributed by atoms with E-state index in [1.54, 1.807) is 24.3 Å². The van der Waals surface area contributed by atoms with Gasteiger partial charge < -0.3 is 5.11 Å². The number of hydrogen-bond acceptors (Lipinski definition) is 5. The van der Waals surface area contributed by atoms with Gasteiger partial charge in [-0.2, -0.15) is 0 Å². The third-order valence-corrected chi connectivity index (χ3v) is 4.90. The summed E-state index contributed by atoms with van der Waals surface area (Å²) >= 11 is 0. The average molecular weight is 338 g/mol. The van der Waals surface area contributed by atoms with Crippen molar-refractivity contribution in [3.63, 3.8) is 0 Å². The number of rotatable bonds is 8. The monoisotopic (exact) mass is 338 g/mol. The van der Waals surface area contributed by atoms with Crippen molar-refractivity contribution in [3.05, 3.63) is 36.5 Å². The Labute approximate surface area is 136 Å². The van der Waals surface area contributed by atoms with E-state index in [9.17, 15) is 8.42 Å². The molecule has 0 bridgehead atoms. The number of sulfonamides is 1. The van der Waals surface area contributed by atoms with E-state index in [4.69, 9.17) is 5.11 Å². The first-order valence-corrected chi connectivity index (χ1v) is 8.91. The molecule has 1 aromatic carbocycles. The summed E-state index contributed by atoms with van der Waals surface area (Å²) in [4.78, 5) is 0. The highest BCUT2D eigenvalue weighted by molar-refractivity contribution is 7.89. The van der Waals surface area contributed by atoms with Crippen LogP contribution in [0.4, 0.5) is 0 Å². The summed E-state index contributed by atoms with van der Waals surface area (Å²) in [6, 6.07) is 8.98. The number of benzene rings is 1. The van der Waals surface area contributed by atoms with Crippen LogP contribution < -0.4 is 4.72 Å². The molecule has 0 aliphatic rings. The molecule has 2 aromatic rings. The Hall–Kier alpha value is -1.77. The van der Waals surface area contributed by atoms with Crippen LogP contribution in [0.15, 0.2) is 41.6 Å². The SMILES string of the molecule is CC(C)(CCCO)CNS(=O)(=O)c1cnnn1-c1ccccc1. The van der Waals surface area contributed by atoms with Gasteiger partial charge >= 0.3 is 0 Å². The van der Waals surface area contributed by atoms with E-state index >= 15 is 0 Å². The van der Waals surface area contributed by atoms with E-state index in [1.165, 1.54) is 10.9 Å². The molecular formula is C15H22N4O3S. The lowest BCUT2D eigenvalue weighted by molar-refractivity contribution is 0.242. The molecule has 1 aromatic heterocycles. The first kappa shape index (κ1) is 17.6. The van der Waals surface area contributed by atoms with Crippen LogP contribution in [-0.4, -0.2) is 41.7 Å². The fourth-order valence-electron chi connectivity index (χ4n) is 2.17. The van der Waals surface area contributed by atoms with Gasteiger partial charge in [0.05, 0.1) is 11.9 Å². The zero-order chi connectivity index (χ0) is 16.9. The molecule has 7 nitrogen and oxygen atoms in total. The predicted molar refractivity (Wildman–Crippen MR) is 86.6 cm³/mol. The first-order chi connectivity index (χ1) is 10.9. The van der Waals surface area contributed by atoms with Gasteiger partial charge in [0.15, 0.2) is 5.03 Å². The van der Waals surface area contributed by atoms with Crippen molar-refractivity contribution < 1.29 is 13.5 Å². The topological polar surface area (TPSA) is 97.1 Å². The van der Waals surface area contributed by atoms with Crippen LogP contribution in [0.25, 0.3) is 5.69 Å². The van der Waals surface area contributed by atoms with E-state index < -0.39 is 10.0 Å². The molecular weight excluding hydrogens is 316 g/mol. The van der Waals surface area contributed by atoms with Gasteiger partial charge in [0.25, 0.3) is 10.0 Å². The average Bonchev–Trinajstić information content (AvgIpc) is 3.03. The molecule has 1 heterocycles. The molecule has 126 valence electrons. The Bertz CT molecular complexity index is 726. The van der Waals surface area contributed by atoms with Crippen molar-refractivity contribution in [2.75, 3.05) is 13.2 Å². The molecule has 0 atom stereocenters. The summed E-state index contributed by atoms with van der Waals surface area (Å²) in [7, 11) is -3.73. The molecule has 0 saturated heterocycles. The second-order valence-electron chi connectivity index (χ2n) is 6.14. The van der Waals surface area contributed by atoms with Gasteiger partial charge in [0, 0.05) is 13.2 Å². The van der Waals surface area contributed by atoms with Crippen LogP contribution in [0.3, 0.4) is 0 Å². The van der Waals surface area contributed by atoms with Crippen LogP contribution >= 0.6 is 0 Å². The van der Waals surface area contributed by atoms with E-state index in [-0.39, 0.29) is 23.6 Å². The minimum Gasteiger partial charge on any atom is -0.396 e. The summed E-state index contributed by atoms with van der Waals surface area (Å²) in [5, 5.41) is 16.5. The lowest BCUT2D eigenvalue weighted by atomic mass is 9.88. The van der Waals surface area contributed by atoms with E-state index in [0.717, 1.165) is 6.42 Å². The van der Waals surface area contributed by atoms with Crippen LogP contribution in [0, 0.1) is 5.41 Å². The maximum Gasteiger partial charge on any atom is 0.259 e. The van der Waals surface area contributed by atoms with Crippen LogP contribution in [0.1, 0.15) is 26.7 Å². The number of nitrogens with one attached hydrogen (secondary N) is 1. The Morgan fingerprint density at radius 2 is 1.96 bits per heavy atom. The molecule has 0 unspecified atom stereocenters. The summed E-state index contributed by atoms with van der Waals surface area (Å²) in [6.45, 7) is 4.28. The number of aliphatic hydroxyl groups excluding tert-OH is 1. The second kappa shape index (κ2) is 7.20. The third kappa shape index (κ3) is 4.60. The molecule has 2 rings (SSSR count). The van der Waals surface area contributed by atoms with Crippen LogP contribution in [0.2, 0.25) is 0 Å². The number of aliphatic hydroxyl groups is 1. The Balaban J connectivity index is 2.17. The minimum absolute atomic E-state index is 0.00154. The quantitative estimate of drug-likeness (QED) is 0.757. The molecule has 0 aliphatic carbocycles. The zero-order valence-electron chi connectivity index (χ0n) is 13.3. The zero-order valence-corrected chi connectivity index (χ0v) is 14.1. The van der Waals surface area contributed by atoms with Crippen molar-refractivity contribution >= 4 is 10.0 Å². The number of nitrogens with zero attached hydrogens (tertiary/aromatic N) is 3. The van der Waals surface area contributed by atoms with Crippen molar-refractivity contribution in [2.24, 2.45) is 5.41 Å². The smallest absolute Gasteiger partial charge is 0.259 e. The van der Waals surface area contributed by atoms with Gasteiger partial charge in [-0.05, 0) is 30.4 Å². The minimum atomic E-state index is -3.73. The highest BCUT2D eigenvalue weighted by Crippen LogP contribution is 2.22. The van der Waals surface area contributed by atoms with Gasteiger partial charge in [0.2, 0.25) is 0 Å². The van der Waals surface area contributed by atoms with Crippen molar-refractivity contribution in [2.45, 2.75) is 31.7 Å². The molecule has 0 saturated carbocycles. The maximum atomic E-state index is 12.5. The highest BCUT2D eigenvalue weighted by atomic mass is 32.2. The number of para-hydroxylation sites is 1. The Kier molecular flexibility index (Phi) is 5.51. The van der Waals surface area contributed by atoms with Crippen molar-refractivity contribution in [3.8, 4) is 5.69 Å². The van der Waals surface area contributed by atoms with E-state index in [1.807, 2.05) is 19.9 Å². The molecule has 0 spiro atoms. The van der Waals surface area contributed by atoms with E-state index in [0.29, 0.717) is 12.1 Å². The molecule has 0 fully saturated rings. The standard InChI is InChI=1S/C15H22N4O3S/c1-15(2,9-6-10-20)12-17-23(21,22)14-11-16-18-19(14)13-7-4-3-5-8-13/h3-5,7-8,11,17,20H,6,9-10,12H2,1-2H3. The maximum absolute atomic E-state index is 12.5. The van der Waals surface area contributed by atoms with Gasteiger partial charge in [-0.3, -0.25) is 0 Å². The Morgan fingerprint density at radius 1 is 1.26 bits per heavy atom. The van der Waals surface area contributed by atoms with Gasteiger partial charge in [-0.15, -0.1) is 5.10 Å². The molecule has 0 radical (unpaired) electrons. The third-order valence-electron chi connectivity index (χ3n) is 3.55. The summed E-state index contributed by atoms with van der Waals surface area (Å²) in [6.07, 6.45) is 2.59. The summed E-state index contributed by atoms with van der Waals surface area (Å²) < 4.78 is 29.0. The molecule has 2 N–H and O–H groups in total. The van der Waals surface area contributed by atoms with Gasteiger partial charge in [0.1, 0.15) is 0 Å². The largest absolute Gasteiger partial charge is 0.396 e. The number of hydrogen-bond donors (Lipinski definition) is 2. The lowest BCUT2D eigenvalue weighted by Gasteiger charge is -2.24. The first-order valence-electron chi connectivity index (χ1n) is 7.42.